The van der Waals surface area contributed by atoms with Crippen LogP contribution in [0.3, 0.4) is 0 Å². The van der Waals surface area contributed by atoms with E-state index in [4.69, 9.17) is 0 Å². The van der Waals surface area contributed by atoms with Gasteiger partial charge in [0.2, 0.25) is 0 Å². The van der Waals surface area contributed by atoms with Crippen molar-refractivity contribution in [3.63, 3.8) is 0 Å². The summed E-state index contributed by atoms with van der Waals surface area (Å²) in [5, 5.41) is 14.8. The van der Waals surface area contributed by atoms with Crippen LogP contribution in [-0.2, 0) is 0 Å². The van der Waals surface area contributed by atoms with E-state index in [9.17, 15) is 10.1 Å². The highest BCUT2D eigenvalue weighted by atomic mass is 16.6. The normalized spacial score (nSPS) is 10.6. The second-order valence-electron chi connectivity index (χ2n) is 4.43. The highest BCUT2D eigenvalue weighted by Crippen LogP contribution is 2.26. The monoisotopic (exact) mass is 259 g/mol. The number of aromatic nitrogens is 1. The van der Waals surface area contributed by atoms with Crippen LogP contribution in [-0.4, -0.2) is 16.5 Å². The minimum atomic E-state index is -0.360. The molecule has 0 fully saturated rings. The van der Waals surface area contributed by atoms with E-state index in [0.29, 0.717) is 16.7 Å². The molecule has 1 aromatic heterocycles. The van der Waals surface area contributed by atoms with Crippen molar-refractivity contribution in [1.82, 2.24) is 4.98 Å². The smallest absolute Gasteiger partial charge is 0.282 e. The molecule has 0 aliphatic rings. The second kappa shape index (κ2) is 6.13. The number of nitrogens with one attached hydrogen (secondary N) is 1. The summed E-state index contributed by atoms with van der Waals surface area (Å²) in [6, 6.07) is 8.64. The summed E-state index contributed by atoms with van der Waals surface area (Å²) in [6.45, 7) is 2.93. The van der Waals surface area contributed by atoms with E-state index < -0.39 is 0 Å². The van der Waals surface area contributed by atoms with Crippen molar-refractivity contribution in [3.05, 3.63) is 40.4 Å². The molecule has 2 aromatic rings. The van der Waals surface area contributed by atoms with Gasteiger partial charge < -0.3 is 5.32 Å². The fraction of sp³-hybridized carbons (Fsp3) is 0.357. The van der Waals surface area contributed by atoms with Crippen molar-refractivity contribution in [3.8, 4) is 0 Å². The van der Waals surface area contributed by atoms with Gasteiger partial charge in [-0.2, -0.15) is 0 Å². The molecule has 1 N–H and O–H groups in total. The van der Waals surface area contributed by atoms with E-state index in [1.807, 2.05) is 6.07 Å². The number of nitrogens with zero attached hydrogens (tertiary/aromatic N) is 2. The number of pyridine rings is 1. The molecule has 5 heteroatoms. The lowest BCUT2D eigenvalue weighted by Crippen LogP contribution is -2.04. The van der Waals surface area contributed by atoms with Crippen molar-refractivity contribution < 1.29 is 4.92 Å². The Morgan fingerprint density at radius 1 is 1.32 bits per heavy atom. The standard InChI is InChI=1S/C14H17N3O2/c1-2-3-6-9-15-14-10-13(17(18)19)11-7-4-5-8-12(11)16-14/h4-5,7-8,10H,2-3,6,9H2,1H3,(H,15,16). The van der Waals surface area contributed by atoms with Crippen LogP contribution < -0.4 is 5.32 Å². The quantitative estimate of drug-likeness (QED) is 0.487. The topological polar surface area (TPSA) is 68.1 Å². The van der Waals surface area contributed by atoms with Crippen LogP contribution in [0.15, 0.2) is 30.3 Å². The zero-order valence-corrected chi connectivity index (χ0v) is 10.9. The molecule has 0 spiro atoms. The summed E-state index contributed by atoms with van der Waals surface area (Å²) in [4.78, 5) is 15.1. The van der Waals surface area contributed by atoms with E-state index >= 15 is 0 Å². The lowest BCUT2D eigenvalue weighted by atomic mass is 10.2. The minimum absolute atomic E-state index is 0.101. The maximum Gasteiger partial charge on any atom is 0.282 e. The number of para-hydroxylation sites is 1. The fourth-order valence-corrected chi connectivity index (χ4v) is 1.99. The van der Waals surface area contributed by atoms with Crippen molar-refractivity contribution in [2.75, 3.05) is 11.9 Å². The highest BCUT2D eigenvalue weighted by Gasteiger charge is 2.14. The first-order valence-electron chi connectivity index (χ1n) is 6.50. The Labute approximate surface area is 111 Å². The molecule has 5 nitrogen and oxygen atoms in total. The average molecular weight is 259 g/mol. The Morgan fingerprint density at radius 3 is 2.84 bits per heavy atom. The number of hydrogen-bond acceptors (Lipinski definition) is 4. The third-order valence-corrected chi connectivity index (χ3v) is 2.98. The first kappa shape index (κ1) is 13.3. The number of fused-ring (bicyclic) bond motifs is 1. The highest BCUT2D eigenvalue weighted by molar-refractivity contribution is 5.89. The van der Waals surface area contributed by atoms with Gasteiger partial charge in [-0.1, -0.05) is 31.9 Å². The molecular weight excluding hydrogens is 242 g/mol. The van der Waals surface area contributed by atoms with Crippen LogP contribution in [0.1, 0.15) is 26.2 Å². The number of unbranched alkanes of at least 4 members (excludes halogenated alkanes) is 2. The van der Waals surface area contributed by atoms with Crippen molar-refractivity contribution in [1.29, 1.82) is 0 Å². The van der Waals surface area contributed by atoms with Crippen LogP contribution in [0.25, 0.3) is 10.9 Å². The molecule has 0 atom stereocenters. The summed E-state index contributed by atoms with van der Waals surface area (Å²) >= 11 is 0. The summed E-state index contributed by atoms with van der Waals surface area (Å²) in [5.41, 5.74) is 0.748. The molecule has 0 radical (unpaired) electrons. The molecular formula is C14H17N3O2. The van der Waals surface area contributed by atoms with E-state index in [1.165, 1.54) is 6.07 Å². The van der Waals surface area contributed by atoms with Gasteiger partial charge in [-0.05, 0) is 18.6 Å². The van der Waals surface area contributed by atoms with Crippen LogP contribution in [0.5, 0.6) is 0 Å². The van der Waals surface area contributed by atoms with Gasteiger partial charge >= 0.3 is 0 Å². The molecule has 0 amide bonds. The third kappa shape index (κ3) is 3.19. The van der Waals surface area contributed by atoms with Gasteiger partial charge in [-0.15, -0.1) is 0 Å². The van der Waals surface area contributed by atoms with Gasteiger partial charge in [-0.3, -0.25) is 10.1 Å². The molecule has 0 bridgehead atoms. The Hall–Kier alpha value is -2.17. The predicted octanol–water partition coefficient (Wildman–Crippen LogP) is 3.75. The van der Waals surface area contributed by atoms with Gasteiger partial charge in [-0.25, -0.2) is 4.98 Å². The van der Waals surface area contributed by atoms with Crippen LogP contribution in [0, 0.1) is 10.1 Å². The maximum atomic E-state index is 11.1. The van der Waals surface area contributed by atoms with E-state index in [1.54, 1.807) is 18.2 Å². The molecule has 0 unspecified atom stereocenters. The maximum absolute atomic E-state index is 11.1. The largest absolute Gasteiger partial charge is 0.370 e. The molecule has 0 aliphatic carbocycles. The van der Waals surface area contributed by atoms with Crippen molar-refractivity contribution in [2.24, 2.45) is 0 Å². The Bertz CT molecular complexity index is 584. The number of rotatable bonds is 6. The molecule has 1 aromatic carbocycles. The lowest BCUT2D eigenvalue weighted by Gasteiger charge is -2.07. The number of nitro groups is 1. The number of benzene rings is 1. The Morgan fingerprint density at radius 2 is 2.11 bits per heavy atom. The molecule has 100 valence electrons. The lowest BCUT2D eigenvalue weighted by molar-refractivity contribution is -0.383. The first-order valence-corrected chi connectivity index (χ1v) is 6.50. The number of anilines is 1. The zero-order chi connectivity index (χ0) is 13.7. The fourth-order valence-electron chi connectivity index (χ4n) is 1.99. The molecule has 2 rings (SSSR count). The summed E-state index contributed by atoms with van der Waals surface area (Å²) in [5.74, 6) is 0.571. The van der Waals surface area contributed by atoms with Crippen LogP contribution >= 0.6 is 0 Å². The van der Waals surface area contributed by atoms with Crippen LogP contribution in [0.4, 0.5) is 11.5 Å². The molecule has 0 aliphatic heterocycles. The van der Waals surface area contributed by atoms with Gasteiger partial charge in [0, 0.05) is 6.54 Å². The Balaban J connectivity index is 2.27. The summed E-state index contributed by atoms with van der Waals surface area (Å²) < 4.78 is 0. The van der Waals surface area contributed by atoms with Gasteiger partial charge in [0.15, 0.2) is 0 Å². The van der Waals surface area contributed by atoms with E-state index in [-0.39, 0.29) is 10.6 Å². The SMILES string of the molecule is CCCCCNc1cc([N+](=O)[O-])c2ccccc2n1. The molecule has 0 saturated carbocycles. The number of hydrogen-bond donors (Lipinski definition) is 1. The molecule has 1 heterocycles. The predicted molar refractivity (Wildman–Crippen MR) is 76.4 cm³/mol. The second-order valence-corrected chi connectivity index (χ2v) is 4.43. The van der Waals surface area contributed by atoms with Gasteiger partial charge in [0.1, 0.15) is 5.82 Å². The molecule has 0 saturated heterocycles. The Kier molecular flexibility index (Phi) is 4.28. The summed E-state index contributed by atoms with van der Waals surface area (Å²) in [6.07, 6.45) is 3.33. The van der Waals surface area contributed by atoms with Crippen molar-refractivity contribution >= 4 is 22.4 Å². The third-order valence-electron chi connectivity index (χ3n) is 2.98. The van der Waals surface area contributed by atoms with Crippen LogP contribution in [0.2, 0.25) is 0 Å². The van der Waals surface area contributed by atoms with Gasteiger partial charge in [0.05, 0.1) is 21.9 Å². The molecule has 19 heavy (non-hydrogen) atoms. The average Bonchev–Trinajstić information content (AvgIpc) is 2.42. The summed E-state index contributed by atoms with van der Waals surface area (Å²) in [7, 11) is 0. The first-order chi connectivity index (χ1) is 9.22. The minimum Gasteiger partial charge on any atom is -0.370 e. The van der Waals surface area contributed by atoms with Crippen molar-refractivity contribution in [2.45, 2.75) is 26.2 Å². The van der Waals surface area contributed by atoms with E-state index in [0.717, 1.165) is 25.8 Å². The van der Waals surface area contributed by atoms with Gasteiger partial charge in [0.25, 0.3) is 5.69 Å². The van der Waals surface area contributed by atoms with E-state index in [2.05, 4.69) is 17.2 Å². The zero-order valence-electron chi connectivity index (χ0n) is 10.9.